The molecule has 0 spiro atoms. The molecule has 1 fully saturated rings. The Kier molecular flexibility index (Phi) is 5.95. The molecule has 1 aliphatic rings. The van der Waals surface area contributed by atoms with Crippen molar-refractivity contribution in [2.24, 2.45) is 0 Å². The molecule has 0 saturated carbocycles. The lowest BCUT2D eigenvalue weighted by Crippen LogP contribution is -2.27. The summed E-state index contributed by atoms with van der Waals surface area (Å²) < 4.78 is 15.6. The third-order valence-corrected chi connectivity index (χ3v) is 6.41. The molecule has 172 valence electrons. The lowest BCUT2D eigenvalue weighted by molar-refractivity contribution is 0.449. The molecule has 0 atom stereocenters. The normalized spacial score (nSPS) is 14.3. The van der Waals surface area contributed by atoms with Crippen LogP contribution in [0.1, 0.15) is 42.6 Å². The fraction of sp³-hybridized carbons (Fsp3) is 0.308. The molecule has 4 aromatic rings. The Bertz CT molecular complexity index is 1380. The number of nitrogens with one attached hydrogen (secondary N) is 1. The fourth-order valence-corrected chi connectivity index (χ4v) is 4.59. The summed E-state index contributed by atoms with van der Waals surface area (Å²) in [6.45, 7) is 4.09. The minimum atomic E-state index is -0.442. The SMILES string of the molecule is CCc1nc2ccc(C3CCNCC3)nn2c1N(C)c1cccc(-c2ccc(F)cc2C#N)n1. The Labute approximate surface area is 197 Å². The van der Waals surface area contributed by atoms with E-state index in [0.717, 1.165) is 55.2 Å². The molecular formula is C26H26FN7. The smallest absolute Gasteiger partial charge is 0.159 e. The van der Waals surface area contributed by atoms with Crippen LogP contribution in [0, 0.1) is 17.1 Å². The van der Waals surface area contributed by atoms with Crippen molar-refractivity contribution in [2.45, 2.75) is 32.1 Å². The van der Waals surface area contributed by atoms with E-state index in [2.05, 4.69) is 24.4 Å². The molecule has 8 heteroatoms. The molecule has 0 aliphatic carbocycles. The van der Waals surface area contributed by atoms with Gasteiger partial charge in [-0.05, 0) is 74.8 Å². The molecular weight excluding hydrogens is 429 g/mol. The minimum Gasteiger partial charge on any atom is -0.317 e. The summed E-state index contributed by atoms with van der Waals surface area (Å²) in [5.74, 6) is 1.55. The number of rotatable bonds is 5. The van der Waals surface area contributed by atoms with Gasteiger partial charge < -0.3 is 10.2 Å². The van der Waals surface area contributed by atoms with Gasteiger partial charge in [-0.2, -0.15) is 14.9 Å². The van der Waals surface area contributed by atoms with Crippen molar-refractivity contribution in [3.63, 3.8) is 0 Å². The van der Waals surface area contributed by atoms with Crippen molar-refractivity contribution < 1.29 is 4.39 Å². The highest BCUT2D eigenvalue weighted by Gasteiger charge is 2.22. The van der Waals surface area contributed by atoms with E-state index < -0.39 is 5.82 Å². The molecule has 1 aliphatic heterocycles. The van der Waals surface area contributed by atoms with Gasteiger partial charge in [-0.3, -0.25) is 0 Å². The van der Waals surface area contributed by atoms with Gasteiger partial charge in [0.2, 0.25) is 0 Å². The average Bonchev–Trinajstić information content (AvgIpc) is 3.26. The van der Waals surface area contributed by atoms with Gasteiger partial charge in [-0.15, -0.1) is 0 Å². The second-order valence-electron chi connectivity index (χ2n) is 8.53. The van der Waals surface area contributed by atoms with Gasteiger partial charge in [-0.1, -0.05) is 13.0 Å². The highest BCUT2D eigenvalue weighted by molar-refractivity contribution is 5.70. The maximum Gasteiger partial charge on any atom is 0.159 e. The van der Waals surface area contributed by atoms with E-state index in [-0.39, 0.29) is 5.56 Å². The van der Waals surface area contributed by atoms with Gasteiger partial charge in [0.1, 0.15) is 11.6 Å². The molecule has 1 aromatic carbocycles. The van der Waals surface area contributed by atoms with E-state index in [0.29, 0.717) is 23.0 Å². The molecule has 34 heavy (non-hydrogen) atoms. The third-order valence-electron chi connectivity index (χ3n) is 6.41. The standard InChI is InChI=1S/C26H26FN7/c1-3-21-26(34-25(30-21)10-9-22(32-34)17-11-13-29-14-12-17)33(2)24-6-4-5-23(31-24)20-8-7-19(27)15-18(20)16-28/h4-10,15,17,29H,3,11-14H2,1-2H3. The zero-order chi connectivity index (χ0) is 23.7. The van der Waals surface area contributed by atoms with E-state index in [9.17, 15) is 9.65 Å². The van der Waals surface area contributed by atoms with E-state index >= 15 is 0 Å². The number of aromatic nitrogens is 4. The molecule has 1 N–H and O–H groups in total. The number of fused-ring (bicyclic) bond motifs is 1. The first kappa shape index (κ1) is 22.0. The summed E-state index contributed by atoms with van der Waals surface area (Å²) in [6, 6.07) is 16.0. The molecule has 3 aromatic heterocycles. The maximum absolute atomic E-state index is 13.6. The Balaban J connectivity index is 1.57. The molecule has 0 radical (unpaired) electrons. The summed E-state index contributed by atoms with van der Waals surface area (Å²) in [5.41, 5.74) is 4.28. The predicted octanol–water partition coefficient (Wildman–Crippen LogP) is 4.60. The van der Waals surface area contributed by atoms with E-state index in [1.165, 1.54) is 12.1 Å². The van der Waals surface area contributed by atoms with Crippen LogP contribution in [0.15, 0.2) is 48.5 Å². The Hall–Kier alpha value is -3.83. The van der Waals surface area contributed by atoms with Crippen LogP contribution in [0.4, 0.5) is 16.0 Å². The third kappa shape index (κ3) is 3.99. The number of halogens is 1. The van der Waals surface area contributed by atoms with Gasteiger partial charge >= 0.3 is 0 Å². The van der Waals surface area contributed by atoms with Crippen molar-refractivity contribution in [2.75, 3.05) is 25.0 Å². The van der Waals surface area contributed by atoms with Crippen molar-refractivity contribution in [3.05, 3.63) is 71.3 Å². The maximum atomic E-state index is 13.6. The number of hydrogen-bond donors (Lipinski definition) is 1. The quantitative estimate of drug-likeness (QED) is 0.474. The van der Waals surface area contributed by atoms with Crippen LogP contribution in [0.3, 0.4) is 0 Å². The van der Waals surface area contributed by atoms with Crippen molar-refractivity contribution >= 4 is 17.3 Å². The van der Waals surface area contributed by atoms with Crippen LogP contribution in [0.2, 0.25) is 0 Å². The summed E-state index contributed by atoms with van der Waals surface area (Å²) in [7, 11) is 1.95. The lowest BCUT2D eigenvalue weighted by Gasteiger charge is -2.23. The van der Waals surface area contributed by atoms with Crippen LogP contribution in [0.5, 0.6) is 0 Å². The van der Waals surface area contributed by atoms with E-state index in [1.807, 2.05) is 40.7 Å². The second-order valence-corrected chi connectivity index (χ2v) is 8.53. The number of anilines is 2. The molecule has 0 bridgehead atoms. The van der Waals surface area contributed by atoms with Crippen LogP contribution < -0.4 is 10.2 Å². The monoisotopic (exact) mass is 455 g/mol. The molecule has 1 saturated heterocycles. The summed E-state index contributed by atoms with van der Waals surface area (Å²) in [6.07, 6.45) is 2.89. The summed E-state index contributed by atoms with van der Waals surface area (Å²) in [5, 5.41) is 17.9. The fourth-order valence-electron chi connectivity index (χ4n) is 4.59. The zero-order valence-electron chi connectivity index (χ0n) is 19.3. The topological polar surface area (TPSA) is 82.1 Å². The van der Waals surface area contributed by atoms with Gasteiger partial charge in [-0.25, -0.2) is 14.4 Å². The van der Waals surface area contributed by atoms with Gasteiger partial charge in [0.25, 0.3) is 0 Å². The number of pyridine rings is 1. The van der Waals surface area contributed by atoms with Crippen molar-refractivity contribution in [1.82, 2.24) is 24.9 Å². The number of piperidine rings is 1. The Morgan fingerprint density at radius 1 is 1.15 bits per heavy atom. The average molecular weight is 456 g/mol. The van der Waals surface area contributed by atoms with E-state index in [1.54, 1.807) is 6.07 Å². The van der Waals surface area contributed by atoms with Crippen LogP contribution in [-0.2, 0) is 6.42 Å². The van der Waals surface area contributed by atoms with Gasteiger partial charge in [0.15, 0.2) is 11.5 Å². The number of nitrogens with zero attached hydrogens (tertiary/aromatic N) is 6. The predicted molar refractivity (Wildman–Crippen MR) is 130 cm³/mol. The summed E-state index contributed by atoms with van der Waals surface area (Å²) in [4.78, 5) is 11.6. The second kappa shape index (κ2) is 9.20. The van der Waals surface area contributed by atoms with Crippen molar-refractivity contribution in [1.29, 1.82) is 5.26 Å². The zero-order valence-corrected chi connectivity index (χ0v) is 19.3. The Morgan fingerprint density at radius 2 is 1.97 bits per heavy atom. The molecule has 0 unspecified atom stereocenters. The minimum absolute atomic E-state index is 0.254. The molecule has 4 heterocycles. The number of hydrogen-bond acceptors (Lipinski definition) is 6. The summed E-state index contributed by atoms with van der Waals surface area (Å²) >= 11 is 0. The Morgan fingerprint density at radius 3 is 2.74 bits per heavy atom. The highest BCUT2D eigenvalue weighted by atomic mass is 19.1. The van der Waals surface area contributed by atoms with Crippen molar-refractivity contribution in [3.8, 4) is 17.3 Å². The van der Waals surface area contributed by atoms with Gasteiger partial charge in [0, 0.05) is 18.5 Å². The molecule has 7 nitrogen and oxygen atoms in total. The highest BCUT2D eigenvalue weighted by Crippen LogP contribution is 2.31. The van der Waals surface area contributed by atoms with Crippen LogP contribution in [-0.4, -0.2) is 39.7 Å². The number of nitriles is 1. The van der Waals surface area contributed by atoms with E-state index in [4.69, 9.17) is 15.1 Å². The largest absolute Gasteiger partial charge is 0.317 e. The van der Waals surface area contributed by atoms with Gasteiger partial charge in [0.05, 0.1) is 28.7 Å². The molecule has 0 amide bonds. The van der Waals surface area contributed by atoms with Crippen LogP contribution in [0.25, 0.3) is 16.9 Å². The number of benzene rings is 1. The number of aryl methyl sites for hydroxylation is 1. The number of imidazole rings is 1. The lowest BCUT2D eigenvalue weighted by atomic mass is 9.94. The molecule has 5 rings (SSSR count). The first-order chi connectivity index (χ1) is 16.6. The van der Waals surface area contributed by atoms with Crippen LogP contribution >= 0.6 is 0 Å². The first-order valence-electron chi connectivity index (χ1n) is 11.6. The first-order valence-corrected chi connectivity index (χ1v) is 11.6.